The molecule has 1 atom stereocenters. The van der Waals surface area contributed by atoms with Crippen molar-refractivity contribution in [3.63, 3.8) is 0 Å². The van der Waals surface area contributed by atoms with E-state index < -0.39 is 5.60 Å². The van der Waals surface area contributed by atoms with Gasteiger partial charge in [-0.15, -0.1) is 0 Å². The Labute approximate surface area is 173 Å². The Hall–Kier alpha value is -1.63. The van der Waals surface area contributed by atoms with Crippen molar-refractivity contribution < 1.29 is 38.2 Å². The van der Waals surface area contributed by atoms with Crippen LogP contribution in [0.3, 0.4) is 0 Å². The number of benzene rings is 1. The first kappa shape index (κ1) is 21.7. The van der Waals surface area contributed by atoms with E-state index in [1.54, 1.807) is 6.92 Å². The minimum absolute atomic E-state index is 0. The molecule has 1 aliphatic heterocycles. The van der Waals surface area contributed by atoms with E-state index in [0.29, 0.717) is 25.4 Å². The molecule has 0 radical (unpaired) electrons. The molecule has 1 aromatic carbocycles. The number of allylic oxidation sites excluding steroid dienone is 1. The summed E-state index contributed by atoms with van der Waals surface area (Å²) in [6.45, 7) is 2.16. The van der Waals surface area contributed by atoms with Crippen molar-refractivity contribution in [2.24, 2.45) is 5.92 Å². The van der Waals surface area contributed by atoms with Gasteiger partial charge in [0.15, 0.2) is 0 Å². The van der Waals surface area contributed by atoms with Crippen LogP contribution < -0.4 is 24.0 Å². The van der Waals surface area contributed by atoms with Crippen LogP contribution in [0.1, 0.15) is 57.4 Å². The summed E-state index contributed by atoms with van der Waals surface area (Å²) in [4.78, 5) is 11.5. The molecular weight excluding hydrogens is 335 g/mol. The maximum Gasteiger partial charge on any atom is 1.00 e. The fraction of sp³-hybridized carbons (Fsp3) is 0.500. The number of esters is 1. The summed E-state index contributed by atoms with van der Waals surface area (Å²) in [6, 6.07) is 10.00. The largest absolute Gasteiger partial charge is 1.00 e. The van der Waals surface area contributed by atoms with Crippen molar-refractivity contribution in [3.05, 3.63) is 59.6 Å². The third-order valence-electron chi connectivity index (χ3n) is 5.38. The standard InChI is InChI=1S/C22H28O4.Li/c1-2-25-19(23)15-9-10-16-22(18-13-7-4-8-14-18)20(21(24)26-22)17-11-5-3-6-12-17;/h4,7-9,13-15,17,24H,2-3,5-6,10-12,16H2,1H3;/q;+1/p-1/b15-9+;. The predicted octanol–water partition coefficient (Wildman–Crippen LogP) is 0.968. The van der Waals surface area contributed by atoms with Crippen LogP contribution in [0.15, 0.2) is 54.0 Å². The van der Waals surface area contributed by atoms with Crippen molar-refractivity contribution in [3.8, 4) is 0 Å². The molecular formula is C22H27LiO4. The summed E-state index contributed by atoms with van der Waals surface area (Å²) in [5, 5.41) is 12.4. The summed E-state index contributed by atoms with van der Waals surface area (Å²) in [5.74, 6) is -0.155. The van der Waals surface area contributed by atoms with E-state index in [-0.39, 0.29) is 30.8 Å². The predicted molar refractivity (Wildman–Crippen MR) is 97.8 cm³/mol. The second kappa shape index (κ2) is 10.1. The van der Waals surface area contributed by atoms with E-state index in [1.165, 1.54) is 25.3 Å². The van der Waals surface area contributed by atoms with Gasteiger partial charge < -0.3 is 14.6 Å². The van der Waals surface area contributed by atoms with Gasteiger partial charge >= 0.3 is 24.8 Å². The van der Waals surface area contributed by atoms with E-state index >= 15 is 0 Å². The molecule has 1 heterocycles. The number of ether oxygens (including phenoxy) is 2. The first-order chi connectivity index (χ1) is 12.7. The number of carbonyl (C=O) groups is 1. The van der Waals surface area contributed by atoms with Crippen LogP contribution >= 0.6 is 0 Å². The normalized spacial score (nSPS) is 22.7. The third kappa shape index (κ3) is 4.81. The molecule has 1 saturated carbocycles. The zero-order valence-electron chi connectivity index (χ0n) is 16.4. The SMILES string of the molecule is CCOC(=O)/C=C/CCC1(c2ccccc2)OC([O-])=C1C1CCCCC1.[Li+]. The van der Waals surface area contributed by atoms with E-state index in [4.69, 9.17) is 9.47 Å². The van der Waals surface area contributed by atoms with Crippen molar-refractivity contribution in [2.45, 2.75) is 57.5 Å². The van der Waals surface area contributed by atoms with Crippen LogP contribution in [0, 0.1) is 5.92 Å². The summed E-state index contributed by atoms with van der Waals surface area (Å²) in [7, 11) is 0. The molecule has 0 bridgehead atoms. The van der Waals surface area contributed by atoms with Gasteiger partial charge in [-0.05, 0) is 49.7 Å². The second-order valence-electron chi connectivity index (χ2n) is 7.02. The molecule has 0 aromatic heterocycles. The first-order valence-corrected chi connectivity index (χ1v) is 9.67. The van der Waals surface area contributed by atoms with Crippen LogP contribution in [0.25, 0.3) is 0 Å². The van der Waals surface area contributed by atoms with Crippen molar-refractivity contribution in [1.29, 1.82) is 0 Å². The molecule has 2 aliphatic rings. The Morgan fingerprint density at radius 1 is 1.26 bits per heavy atom. The number of rotatable bonds is 7. The zero-order valence-corrected chi connectivity index (χ0v) is 16.4. The van der Waals surface area contributed by atoms with Gasteiger partial charge in [-0.1, -0.05) is 55.7 Å². The molecule has 0 saturated heterocycles. The van der Waals surface area contributed by atoms with Gasteiger partial charge in [-0.25, -0.2) is 4.79 Å². The molecule has 5 heteroatoms. The van der Waals surface area contributed by atoms with Crippen LogP contribution in [-0.4, -0.2) is 12.6 Å². The summed E-state index contributed by atoms with van der Waals surface area (Å²) in [6.07, 6.45) is 10.3. The number of hydrogen-bond acceptors (Lipinski definition) is 4. The maximum atomic E-state index is 12.4. The maximum absolute atomic E-state index is 12.4. The minimum atomic E-state index is -0.640. The van der Waals surface area contributed by atoms with Gasteiger partial charge in [0.1, 0.15) is 0 Å². The fourth-order valence-corrected chi connectivity index (χ4v) is 4.18. The van der Waals surface area contributed by atoms with Crippen LogP contribution in [-0.2, 0) is 19.9 Å². The van der Waals surface area contributed by atoms with Gasteiger partial charge in [0.25, 0.3) is 0 Å². The quantitative estimate of drug-likeness (QED) is 0.412. The molecule has 1 unspecified atom stereocenters. The van der Waals surface area contributed by atoms with Crippen LogP contribution in [0.5, 0.6) is 0 Å². The Bertz CT molecular complexity index is 677. The van der Waals surface area contributed by atoms with Gasteiger partial charge in [0, 0.05) is 6.08 Å². The van der Waals surface area contributed by atoms with Crippen LogP contribution in [0.4, 0.5) is 0 Å². The second-order valence-corrected chi connectivity index (χ2v) is 7.02. The average Bonchev–Trinajstić information content (AvgIpc) is 2.65. The fourth-order valence-electron chi connectivity index (χ4n) is 4.18. The summed E-state index contributed by atoms with van der Waals surface area (Å²) in [5.41, 5.74) is 1.33. The smallest absolute Gasteiger partial charge is 0.598 e. The number of hydrogen-bond donors (Lipinski definition) is 0. The topological polar surface area (TPSA) is 58.6 Å². The molecule has 3 rings (SSSR count). The van der Waals surface area contributed by atoms with Crippen molar-refractivity contribution >= 4 is 5.97 Å². The van der Waals surface area contributed by atoms with E-state index in [9.17, 15) is 9.90 Å². The molecule has 4 nitrogen and oxygen atoms in total. The van der Waals surface area contributed by atoms with E-state index in [0.717, 1.165) is 24.0 Å². The minimum Gasteiger partial charge on any atom is -0.598 e. The molecule has 0 amide bonds. The zero-order chi connectivity index (χ0) is 18.4. The molecule has 0 N–H and O–H groups in total. The van der Waals surface area contributed by atoms with Crippen molar-refractivity contribution in [1.82, 2.24) is 0 Å². The Balaban J connectivity index is 0.00000261. The Kier molecular flexibility index (Phi) is 8.07. The molecule has 1 fully saturated rings. The van der Waals surface area contributed by atoms with E-state index in [1.807, 2.05) is 36.4 Å². The Morgan fingerprint density at radius 3 is 2.59 bits per heavy atom. The summed E-state index contributed by atoms with van der Waals surface area (Å²) >= 11 is 0. The number of carbonyl (C=O) groups excluding carboxylic acids is 1. The molecule has 0 spiro atoms. The molecule has 27 heavy (non-hydrogen) atoms. The molecule has 1 aliphatic carbocycles. The van der Waals surface area contributed by atoms with Gasteiger partial charge in [-0.2, -0.15) is 0 Å². The van der Waals surface area contributed by atoms with E-state index in [2.05, 4.69) is 0 Å². The van der Waals surface area contributed by atoms with Gasteiger partial charge in [-0.3, -0.25) is 0 Å². The molecule has 1 aromatic rings. The third-order valence-corrected chi connectivity index (χ3v) is 5.38. The van der Waals surface area contributed by atoms with Crippen molar-refractivity contribution in [2.75, 3.05) is 6.61 Å². The monoisotopic (exact) mass is 362 g/mol. The Morgan fingerprint density at radius 2 is 1.96 bits per heavy atom. The summed E-state index contributed by atoms with van der Waals surface area (Å²) < 4.78 is 10.7. The van der Waals surface area contributed by atoms with Crippen LogP contribution in [0.2, 0.25) is 0 Å². The average molecular weight is 362 g/mol. The molecule has 140 valence electrons. The van der Waals surface area contributed by atoms with Gasteiger partial charge in [0.2, 0.25) is 0 Å². The van der Waals surface area contributed by atoms with Gasteiger partial charge in [0.05, 0.1) is 18.2 Å². The first-order valence-electron chi connectivity index (χ1n) is 9.67.